The van der Waals surface area contributed by atoms with E-state index in [-0.39, 0.29) is 36.6 Å². The Kier molecular flexibility index (Phi) is 15.3. The molecule has 2 rings (SSSR count). The van der Waals surface area contributed by atoms with E-state index in [0.29, 0.717) is 32.2 Å². The lowest BCUT2D eigenvalue weighted by molar-refractivity contribution is -0.146. The van der Waals surface area contributed by atoms with E-state index in [1.807, 2.05) is 51.1 Å². The van der Waals surface area contributed by atoms with E-state index in [2.05, 4.69) is 21.3 Å². The zero-order valence-corrected chi connectivity index (χ0v) is 26.3. The number of hydrogen-bond donors (Lipinski definition) is 8. The van der Waals surface area contributed by atoms with Crippen molar-refractivity contribution in [2.24, 2.45) is 23.3 Å². The van der Waals surface area contributed by atoms with Crippen LogP contribution >= 0.6 is 0 Å². The molecule has 10 N–H and O–H groups in total. The fourth-order valence-electron chi connectivity index (χ4n) is 5.20. The third-order valence-corrected chi connectivity index (χ3v) is 7.71. The summed E-state index contributed by atoms with van der Waals surface area (Å²) in [5, 5.41) is 27.3. The summed E-state index contributed by atoms with van der Waals surface area (Å²) in [4.78, 5) is 63.9. The number of carbonyl (C=O) groups is 5. The molecule has 6 atom stereocenters. The van der Waals surface area contributed by atoms with E-state index in [4.69, 9.17) is 21.6 Å². The van der Waals surface area contributed by atoms with Crippen LogP contribution in [0.4, 0.5) is 0 Å². The first kappa shape index (κ1) is 37.0. The molecule has 0 radical (unpaired) electrons. The highest BCUT2D eigenvalue weighted by Crippen LogP contribution is 2.29. The number of amides is 3. The lowest BCUT2D eigenvalue weighted by Crippen LogP contribution is -2.58. The number of nitrogens with two attached hydrogens (primary N) is 2. The van der Waals surface area contributed by atoms with Crippen molar-refractivity contribution in [1.29, 1.82) is 5.41 Å². The van der Waals surface area contributed by atoms with Crippen LogP contribution in [-0.2, 0) is 35.1 Å². The predicted molar refractivity (Wildman–Crippen MR) is 168 cm³/mol. The largest absolute Gasteiger partial charge is 0.481 e. The van der Waals surface area contributed by atoms with Gasteiger partial charge in [0.2, 0.25) is 17.7 Å². The molecule has 1 aromatic rings. The number of hydrogen-bond acceptors (Lipinski definition) is 8. The smallest absolute Gasteiger partial charge is 0.309 e. The molecule has 0 saturated carbocycles. The highest BCUT2D eigenvalue weighted by Gasteiger charge is 2.41. The molecule has 1 saturated heterocycles. The zero-order valence-electron chi connectivity index (χ0n) is 26.3. The van der Waals surface area contributed by atoms with Gasteiger partial charge in [-0.05, 0) is 37.2 Å². The number of nitrogens with one attached hydrogen (secondary N) is 5. The normalized spacial score (nSPS) is 18.6. The Morgan fingerprint density at radius 3 is 2.24 bits per heavy atom. The van der Waals surface area contributed by atoms with Crippen molar-refractivity contribution in [2.75, 3.05) is 6.54 Å². The van der Waals surface area contributed by atoms with Crippen molar-refractivity contribution >= 4 is 35.6 Å². The maximum Gasteiger partial charge on any atom is 0.309 e. The number of aliphatic carboxylic acids is 1. The van der Waals surface area contributed by atoms with Gasteiger partial charge < -0.3 is 42.6 Å². The number of guanidine groups is 1. The van der Waals surface area contributed by atoms with Crippen molar-refractivity contribution in [3.05, 3.63) is 35.9 Å². The van der Waals surface area contributed by atoms with Crippen LogP contribution < -0.4 is 32.7 Å². The topological polar surface area (TPSA) is 239 Å². The highest BCUT2D eigenvalue weighted by molar-refractivity contribution is 5.94. The van der Waals surface area contributed by atoms with Gasteiger partial charge in [0, 0.05) is 13.0 Å². The number of carboxylic acid groups (broad SMARTS) is 1. The van der Waals surface area contributed by atoms with Gasteiger partial charge in [-0.25, -0.2) is 0 Å². The fraction of sp³-hybridized carbons (Fsp3) is 0.613. The molecular weight excluding hydrogens is 582 g/mol. The highest BCUT2D eigenvalue weighted by atomic mass is 16.6. The van der Waals surface area contributed by atoms with Gasteiger partial charge in [-0.15, -0.1) is 0 Å². The molecule has 1 aliphatic rings. The van der Waals surface area contributed by atoms with E-state index in [1.54, 1.807) is 0 Å². The first-order chi connectivity index (χ1) is 21.3. The molecule has 14 nitrogen and oxygen atoms in total. The van der Waals surface area contributed by atoms with Crippen molar-refractivity contribution in [3.63, 3.8) is 0 Å². The number of rotatable bonds is 19. The molecule has 0 aliphatic carbocycles. The maximum atomic E-state index is 13.4. The molecule has 1 fully saturated rings. The van der Waals surface area contributed by atoms with E-state index in [0.717, 1.165) is 12.0 Å². The number of ether oxygens (including phenoxy) is 1. The molecule has 1 aliphatic heterocycles. The van der Waals surface area contributed by atoms with Crippen molar-refractivity contribution in [2.45, 2.75) is 102 Å². The molecule has 3 amide bonds. The monoisotopic (exact) mass is 631 g/mol. The average molecular weight is 632 g/mol. The number of esters is 1. The summed E-state index contributed by atoms with van der Waals surface area (Å²) in [7, 11) is 0. The molecular formula is C31H49N7O7. The van der Waals surface area contributed by atoms with Gasteiger partial charge in [-0.2, -0.15) is 0 Å². The number of unbranched alkanes of at least 4 members (excludes halogenated alkanes) is 1. The van der Waals surface area contributed by atoms with Gasteiger partial charge in [0.05, 0.1) is 24.4 Å². The second-order valence-electron chi connectivity index (χ2n) is 11.8. The van der Waals surface area contributed by atoms with E-state index < -0.39 is 60.4 Å². The minimum absolute atomic E-state index is 0.174. The third-order valence-electron chi connectivity index (χ3n) is 7.71. The molecule has 0 spiro atoms. The van der Waals surface area contributed by atoms with Crippen LogP contribution in [0.5, 0.6) is 0 Å². The van der Waals surface area contributed by atoms with Crippen LogP contribution in [0.15, 0.2) is 30.3 Å². The van der Waals surface area contributed by atoms with E-state index in [9.17, 15) is 29.1 Å². The summed E-state index contributed by atoms with van der Waals surface area (Å²) < 4.78 is 5.67. The Morgan fingerprint density at radius 2 is 1.64 bits per heavy atom. The quantitative estimate of drug-likeness (QED) is 0.0456. The number of carboxylic acids is 1. The minimum Gasteiger partial charge on any atom is -0.481 e. The first-order valence-electron chi connectivity index (χ1n) is 15.5. The van der Waals surface area contributed by atoms with Crippen LogP contribution in [0.1, 0.15) is 71.3 Å². The summed E-state index contributed by atoms with van der Waals surface area (Å²) in [5.74, 6) is -4.43. The molecule has 1 aromatic carbocycles. The predicted octanol–water partition coefficient (Wildman–Crippen LogP) is 0.527. The summed E-state index contributed by atoms with van der Waals surface area (Å²) in [6.45, 7) is 5.97. The first-order valence-corrected chi connectivity index (χ1v) is 15.5. The summed E-state index contributed by atoms with van der Waals surface area (Å²) in [6, 6.07) is 5.50. The summed E-state index contributed by atoms with van der Waals surface area (Å²) in [5.41, 5.74) is 12.2. The average Bonchev–Trinajstić information content (AvgIpc) is 3.34. The SMILES string of the molecule is CCCC[C@H](NC(=O)[C@@H](N)CCCNC(=N)N)C(=O)N[C@@H](CC(=O)O)C(=O)NC(C(C)C)C1CC(Cc2ccccc2)C(=O)O1. The standard InChI is InChI=1S/C31H49N7O7/c1-4-5-13-22(36-27(41)21(32)12-9-14-35-31(33)34)28(42)37-23(17-25(39)40)29(43)38-26(18(2)3)24-16-20(30(44)45-24)15-19-10-7-6-8-11-19/h6-8,10-11,18,20-24,26H,4-5,9,12-17,32H2,1-3H3,(H,36,41)(H,37,42)(H,38,43)(H,39,40)(H4,33,34,35)/t20?,21-,22-,23-,24?,26?/m0/s1. The fourth-order valence-corrected chi connectivity index (χ4v) is 5.20. The van der Waals surface area contributed by atoms with Gasteiger partial charge in [0.25, 0.3) is 0 Å². The van der Waals surface area contributed by atoms with Crippen LogP contribution in [0, 0.1) is 17.2 Å². The Morgan fingerprint density at radius 1 is 1.00 bits per heavy atom. The Balaban J connectivity index is 2.09. The molecule has 0 bridgehead atoms. The van der Waals surface area contributed by atoms with Gasteiger partial charge in [0.1, 0.15) is 18.2 Å². The van der Waals surface area contributed by atoms with Crippen LogP contribution in [0.25, 0.3) is 0 Å². The second kappa shape index (κ2) is 18.6. The van der Waals surface area contributed by atoms with Gasteiger partial charge in [-0.3, -0.25) is 29.4 Å². The Labute approximate surface area is 264 Å². The van der Waals surface area contributed by atoms with Crippen LogP contribution in [0.2, 0.25) is 0 Å². The van der Waals surface area contributed by atoms with Gasteiger partial charge in [-0.1, -0.05) is 63.9 Å². The molecule has 3 unspecified atom stereocenters. The molecule has 250 valence electrons. The molecule has 0 aromatic heterocycles. The molecule has 1 heterocycles. The third kappa shape index (κ3) is 12.7. The molecule has 14 heteroatoms. The molecule has 45 heavy (non-hydrogen) atoms. The number of cyclic esters (lactones) is 1. The van der Waals surface area contributed by atoms with E-state index in [1.165, 1.54) is 0 Å². The second-order valence-corrected chi connectivity index (χ2v) is 11.8. The van der Waals surface area contributed by atoms with Gasteiger partial charge in [0.15, 0.2) is 5.96 Å². The zero-order chi connectivity index (χ0) is 33.5. The van der Waals surface area contributed by atoms with Gasteiger partial charge >= 0.3 is 11.9 Å². The van der Waals surface area contributed by atoms with Crippen molar-refractivity contribution < 1.29 is 33.8 Å². The van der Waals surface area contributed by atoms with Crippen LogP contribution in [0.3, 0.4) is 0 Å². The Hall–Kier alpha value is -4.20. The van der Waals surface area contributed by atoms with E-state index >= 15 is 0 Å². The lowest BCUT2D eigenvalue weighted by atomic mass is 9.90. The Bertz CT molecular complexity index is 1160. The number of carbonyl (C=O) groups excluding carboxylic acids is 4. The lowest BCUT2D eigenvalue weighted by Gasteiger charge is -2.29. The number of benzene rings is 1. The van der Waals surface area contributed by atoms with Crippen molar-refractivity contribution in [3.8, 4) is 0 Å². The maximum absolute atomic E-state index is 13.4. The summed E-state index contributed by atoms with van der Waals surface area (Å²) in [6.07, 6.45) is 1.85. The minimum atomic E-state index is -1.44. The van der Waals surface area contributed by atoms with Crippen molar-refractivity contribution in [1.82, 2.24) is 21.3 Å². The van der Waals surface area contributed by atoms with Crippen LogP contribution in [-0.4, -0.2) is 77.5 Å². The summed E-state index contributed by atoms with van der Waals surface area (Å²) >= 11 is 0.